The highest BCUT2D eigenvalue weighted by atomic mass is 35.5. The molecule has 0 aromatic carbocycles. The second-order valence-electron chi connectivity index (χ2n) is 2.88. The van der Waals surface area contributed by atoms with Crippen LogP contribution in [0.25, 0.3) is 0 Å². The van der Waals surface area contributed by atoms with Gasteiger partial charge in [0, 0.05) is 6.04 Å². The van der Waals surface area contributed by atoms with Crippen molar-refractivity contribution >= 4 is 18.4 Å². The molecular weight excluding hydrogens is 178 g/mol. The van der Waals surface area contributed by atoms with Crippen LogP contribution in [-0.4, -0.2) is 24.2 Å². The van der Waals surface area contributed by atoms with Crippen LogP contribution in [0, 0.1) is 5.92 Å². The number of rotatable bonds is 5. The maximum Gasteiger partial charge on any atom is 0.304 e. The Balaban J connectivity index is 0. The Morgan fingerprint density at radius 2 is 2.08 bits per heavy atom. The van der Waals surface area contributed by atoms with Gasteiger partial charge in [-0.1, -0.05) is 20.3 Å². The van der Waals surface area contributed by atoms with Gasteiger partial charge in [-0.15, -0.1) is 12.4 Å². The number of hydrogen-bond donors (Lipinski definition) is 2. The molecule has 74 valence electrons. The summed E-state index contributed by atoms with van der Waals surface area (Å²) < 4.78 is 0. The Morgan fingerprint density at radius 3 is 2.33 bits per heavy atom. The fourth-order valence-corrected chi connectivity index (χ4v) is 1.06. The minimum Gasteiger partial charge on any atom is -0.481 e. The molecule has 0 heterocycles. The number of carboxylic acid groups (broad SMARTS) is 1. The SMILES string of the molecule is CC[C@H](C)[C@@H](CC(=O)O)NC.Cl. The van der Waals surface area contributed by atoms with Crippen molar-refractivity contribution in [3.8, 4) is 0 Å². The number of halogens is 1. The molecule has 0 radical (unpaired) electrons. The van der Waals surface area contributed by atoms with E-state index in [9.17, 15) is 4.79 Å². The number of nitrogens with one attached hydrogen (secondary N) is 1. The Morgan fingerprint density at radius 1 is 1.58 bits per heavy atom. The number of carbonyl (C=O) groups is 1. The van der Waals surface area contributed by atoms with Crippen LogP contribution in [0.2, 0.25) is 0 Å². The standard InChI is InChI=1S/C8H17NO2.ClH/c1-4-6(2)7(9-3)5-8(10)11;/h6-7,9H,4-5H2,1-3H3,(H,10,11);1H/t6-,7+;/m0./s1. The molecule has 0 saturated carbocycles. The number of carboxylic acids is 1. The predicted molar refractivity (Wildman–Crippen MR) is 51.8 cm³/mol. The molecule has 0 unspecified atom stereocenters. The van der Waals surface area contributed by atoms with Gasteiger partial charge in [0.15, 0.2) is 0 Å². The Kier molecular flexibility index (Phi) is 8.76. The van der Waals surface area contributed by atoms with Crippen molar-refractivity contribution in [1.29, 1.82) is 0 Å². The molecule has 4 heteroatoms. The molecule has 0 saturated heterocycles. The second kappa shape index (κ2) is 7.37. The summed E-state index contributed by atoms with van der Waals surface area (Å²) in [4.78, 5) is 10.3. The van der Waals surface area contributed by atoms with Crippen LogP contribution < -0.4 is 5.32 Å². The van der Waals surface area contributed by atoms with Crippen molar-refractivity contribution in [1.82, 2.24) is 5.32 Å². The van der Waals surface area contributed by atoms with E-state index >= 15 is 0 Å². The summed E-state index contributed by atoms with van der Waals surface area (Å²) in [5.41, 5.74) is 0. The zero-order chi connectivity index (χ0) is 8.85. The van der Waals surface area contributed by atoms with E-state index in [1.807, 2.05) is 0 Å². The quantitative estimate of drug-likeness (QED) is 0.700. The van der Waals surface area contributed by atoms with Gasteiger partial charge < -0.3 is 10.4 Å². The monoisotopic (exact) mass is 195 g/mol. The maximum absolute atomic E-state index is 10.3. The topological polar surface area (TPSA) is 49.3 Å². The summed E-state index contributed by atoms with van der Waals surface area (Å²) in [6, 6.07) is 0.109. The lowest BCUT2D eigenvalue weighted by atomic mass is 9.97. The van der Waals surface area contributed by atoms with Gasteiger partial charge in [0.25, 0.3) is 0 Å². The van der Waals surface area contributed by atoms with E-state index in [1.54, 1.807) is 7.05 Å². The molecule has 12 heavy (non-hydrogen) atoms. The highest BCUT2D eigenvalue weighted by Crippen LogP contribution is 2.09. The van der Waals surface area contributed by atoms with Gasteiger partial charge in [-0.25, -0.2) is 0 Å². The minimum absolute atomic E-state index is 0. The zero-order valence-electron chi connectivity index (χ0n) is 7.83. The normalized spacial score (nSPS) is 14.6. The molecule has 0 bridgehead atoms. The van der Waals surface area contributed by atoms with Crippen molar-refractivity contribution < 1.29 is 9.90 Å². The highest BCUT2D eigenvalue weighted by Gasteiger charge is 2.16. The lowest BCUT2D eigenvalue weighted by molar-refractivity contribution is -0.137. The summed E-state index contributed by atoms with van der Waals surface area (Å²) in [5, 5.41) is 11.5. The molecule has 0 amide bonds. The summed E-state index contributed by atoms with van der Waals surface area (Å²) >= 11 is 0. The van der Waals surface area contributed by atoms with Crippen molar-refractivity contribution in [2.24, 2.45) is 5.92 Å². The molecule has 0 fully saturated rings. The van der Waals surface area contributed by atoms with Crippen LogP contribution in [0.5, 0.6) is 0 Å². The molecule has 0 aliphatic heterocycles. The molecule has 0 spiro atoms. The second-order valence-corrected chi connectivity index (χ2v) is 2.88. The van der Waals surface area contributed by atoms with Crippen molar-refractivity contribution in [3.05, 3.63) is 0 Å². The average molecular weight is 196 g/mol. The molecular formula is C8H18ClNO2. The fraction of sp³-hybridized carbons (Fsp3) is 0.875. The maximum atomic E-state index is 10.3. The summed E-state index contributed by atoms with van der Waals surface area (Å²) in [6.45, 7) is 4.13. The Labute approximate surface area is 80.0 Å². The van der Waals surface area contributed by atoms with E-state index in [4.69, 9.17) is 5.11 Å². The van der Waals surface area contributed by atoms with E-state index in [0.29, 0.717) is 5.92 Å². The van der Waals surface area contributed by atoms with Gasteiger partial charge in [-0.2, -0.15) is 0 Å². The zero-order valence-corrected chi connectivity index (χ0v) is 8.65. The Hall–Kier alpha value is -0.280. The first-order valence-corrected chi connectivity index (χ1v) is 4.00. The van der Waals surface area contributed by atoms with Crippen LogP contribution in [0.4, 0.5) is 0 Å². The number of hydrogen-bond acceptors (Lipinski definition) is 2. The molecule has 2 atom stereocenters. The third-order valence-corrected chi connectivity index (χ3v) is 2.10. The lowest BCUT2D eigenvalue weighted by Gasteiger charge is -2.19. The summed E-state index contributed by atoms with van der Waals surface area (Å²) in [7, 11) is 1.81. The molecule has 2 N–H and O–H groups in total. The Bertz CT molecular complexity index is 130. The van der Waals surface area contributed by atoms with E-state index in [0.717, 1.165) is 6.42 Å². The first kappa shape index (κ1) is 14.3. The smallest absolute Gasteiger partial charge is 0.304 e. The van der Waals surface area contributed by atoms with Gasteiger partial charge in [-0.3, -0.25) is 4.79 Å². The summed E-state index contributed by atoms with van der Waals surface area (Å²) in [5.74, 6) is -0.305. The van der Waals surface area contributed by atoms with Gasteiger partial charge >= 0.3 is 5.97 Å². The lowest BCUT2D eigenvalue weighted by Crippen LogP contribution is -2.33. The van der Waals surface area contributed by atoms with Gasteiger partial charge in [-0.05, 0) is 13.0 Å². The van der Waals surface area contributed by atoms with E-state index < -0.39 is 5.97 Å². The van der Waals surface area contributed by atoms with Crippen LogP contribution in [0.1, 0.15) is 26.7 Å². The van der Waals surface area contributed by atoms with E-state index in [2.05, 4.69) is 19.2 Å². The predicted octanol–water partition coefficient (Wildman–Crippen LogP) is 1.52. The molecule has 0 aliphatic rings. The van der Waals surface area contributed by atoms with E-state index in [-0.39, 0.29) is 24.9 Å². The average Bonchev–Trinajstić information content (AvgIpc) is 1.98. The van der Waals surface area contributed by atoms with Crippen LogP contribution in [-0.2, 0) is 4.79 Å². The third kappa shape index (κ3) is 5.38. The molecule has 0 aliphatic carbocycles. The highest BCUT2D eigenvalue weighted by molar-refractivity contribution is 5.85. The van der Waals surface area contributed by atoms with Gasteiger partial charge in [0.2, 0.25) is 0 Å². The molecule has 0 rings (SSSR count). The van der Waals surface area contributed by atoms with Gasteiger partial charge in [0.1, 0.15) is 0 Å². The van der Waals surface area contributed by atoms with Crippen LogP contribution >= 0.6 is 12.4 Å². The first-order valence-electron chi connectivity index (χ1n) is 4.00. The molecule has 0 aromatic heterocycles. The minimum atomic E-state index is -0.732. The first-order chi connectivity index (χ1) is 5.11. The molecule has 0 aromatic rings. The van der Waals surface area contributed by atoms with Crippen LogP contribution in [0.3, 0.4) is 0 Å². The van der Waals surface area contributed by atoms with Crippen LogP contribution in [0.15, 0.2) is 0 Å². The van der Waals surface area contributed by atoms with Crippen molar-refractivity contribution in [3.63, 3.8) is 0 Å². The van der Waals surface area contributed by atoms with Crippen molar-refractivity contribution in [2.75, 3.05) is 7.05 Å². The fourth-order valence-electron chi connectivity index (χ4n) is 1.06. The summed E-state index contributed by atoms with van der Waals surface area (Å²) in [6.07, 6.45) is 1.23. The van der Waals surface area contributed by atoms with Gasteiger partial charge in [0.05, 0.1) is 6.42 Å². The third-order valence-electron chi connectivity index (χ3n) is 2.10. The van der Waals surface area contributed by atoms with E-state index in [1.165, 1.54) is 0 Å². The van der Waals surface area contributed by atoms with Crippen molar-refractivity contribution in [2.45, 2.75) is 32.7 Å². The largest absolute Gasteiger partial charge is 0.481 e. The number of aliphatic carboxylic acids is 1. The molecule has 3 nitrogen and oxygen atoms in total.